The van der Waals surface area contributed by atoms with Crippen molar-refractivity contribution in [3.8, 4) is 0 Å². The van der Waals surface area contributed by atoms with Crippen LogP contribution in [0.15, 0.2) is 0 Å². The first kappa shape index (κ1) is 13.3. The fourth-order valence-electron chi connectivity index (χ4n) is 0.604. The molecule has 1 unspecified atom stereocenters. The van der Waals surface area contributed by atoms with E-state index in [2.05, 4.69) is 4.74 Å². The van der Waals surface area contributed by atoms with Crippen molar-refractivity contribution in [2.24, 2.45) is 5.92 Å². The van der Waals surface area contributed by atoms with Gasteiger partial charge in [0.25, 0.3) is 0 Å². The van der Waals surface area contributed by atoms with Crippen LogP contribution in [0.5, 0.6) is 0 Å². The molecule has 4 nitrogen and oxygen atoms in total. The average molecular weight is 220 g/mol. The first-order chi connectivity index (χ1) is 6.61. The van der Waals surface area contributed by atoms with Gasteiger partial charge in [-0.25, -0.2) is 4.79 Å². The molecule has 0 aliphatic heterocycles. The summed E-state index contributed by atoms with van der Waals surface area (Å²) in [6.07, 6.45) is 0.719. The summed E-state index contributed by atoms with van der Waals surface area (Å²) in [4.78, 5) is 21.9. The molecule has 0 saturated heterocycles. The molecular formula is C9H16O4S. The lowest BCUT2D eigenvalue weighted by atomic mass is 10.1. The third-order valence-electron chi connectivity index (χ3n) is 1.65. The lowest BCUT2D eigenvalue weighted by Gasteiger charge is -2.08. The van der Waals surface area contributed by atoms with Gasteiger partial charge in [-0.05, 0) is 18.2 Å². The normalized spacial score (nSPS) is 11.9. The zero-order valence-electron chi connectivity index (χ0n) is 8.74. The second-order valence-corrected chi connectivity index (χ2v) is 3.92. The van der Waals surface area contributed by atoms with Gasteiger partial charge in [-0.2, -0.15) is 0 Å². The quantitative estimate of drug-likeness (QED) is 0.526. The van der Waals surface area contributed by atoms with Crippen LogP contribution in [0.25, 0.3) is 0 Å². The van der Waals surface area contributed by atoms with Gasteiger partial charge in [0.2, 0.25) is 6.79 Å². The number of carbonyl (C=O) groups excluding carboxylic acids is 2. The summed E-state index contributed by atoms with van der Waals surface area (Å²) in [6.45, 7) is 5.22. The fraction of sp³-hybridized carbons (Fsp3) is 0.778. The molecule has 0 aromatic rings. The minimum Gasteiger partial charge on any atom is -0.428 e. The number of thioether (sulfide) groups is 1. The van der Waals surface area contributed by atoms with E-state index in [-0.39, 0.29) is 18.7 Å². The van der Waals surface area contributed by atoms with E-state index in [0.29, 0.717) is 5.75 Å². The Bertz CT molecular complexity index is 193. The predicted molar refractivity (Wildman–Crippen MR) is 55.0 cm³/mol. The lowest BCUT2D eigenvalue weighted by Crippen LogP contribution is -2.16. The SMILES string of the molecule is CCSC(=O)OCOC(=O)C(C)CC. The summed E-state index contributed by atoms with van der Waals surface area (Å²) in [5.41, 5.74) is 0. The number of hydrogen-bond acceptors (Lipinski definition) is 5. The maximum atomic E-state index is 11.1. The summed E-state index contributed by atoms with van der Waals surface area (Å²) in [5.74, 6) is 0.173. The van der Waals surface area contributed by atoms with E-state index >= 15 is 0 Å². The van der Waals surface area contributed by atoms with Crippen LogP contribution in [0.2, 0.25) is 0 Å². The van der Waals surface area contributed by atoms with Crippen molar-refractivity contribution in [3.05, 3.63) is 0 Å². The van der Waals surface area contributed by atoms with Gasteiger partial charge in [-0.3, -0.25) is 4.79 Å². The Kier molecular flexibility index (Phi) is 7.28. The van der Waals surface area contributed by atoms with E-state index in [4.69, 9.17) is 4.74 Å². The third kappa shape index (κ3) is 5.85. The molecule has 5 heteroatoms. The van der Waals surface area contributed by atoms with Crippen LogP contribution >= 0.6 is 11.8 Å². The Morgan fingerprint density at radius 1 is 1.29 bits per heavy atom. The third-order valence-corrected chi connectivity index (χ3v) is 2.30. The molecule has 1 atom stereocenters. The number of rotatable bonds is 5. The minimum atomic E-state index is -0.413. The van der Waals surface area contributed by atoms with Gasteiger partial charge in [0.15, 0.2) is 0 Å². The Labute approximate surface area is 88.3 Å². The summed E-state index contributed by atoms with van der Waals surface area (Å²) >= 11 is 1.04. The van der Waals surface area contributed by atoms with Gasteiger partial charge in [-0.15, -0.1) is 0 Å². The summed E-state index contributed by atoms with van der Waals surface area (Å²) in [7, 11) is 0. The molecule has 0 saturated carbocycles. The van der Waals surface area contributed by atoms with Gasteiger partial charge >= 0.3 is 11.3 Å². The highest BCUT2D eigenvalue weighted by Crippen LogP contribution is 2.06. The van der Waals surface area contributed by atoms with E-state index in [1.54, 1.807) is 6.92 Å². The van der Waals surface area contributed by atoms with Crippen LogP contribution < -0.4 is 0 Å². The van der Waals surface area contributed by atoms with Crippen molar-refractivity contribution in [1.82, 2.24) is 0 Å². The van der Waals surface area contributed by atoms with Crippen molar-refractivity contribution >= 4 is 23.0 Å². The smallest absolute Gasteiger partial charge is 0.370 e. The minimum absolute atomic E-state index is 0.146. The Morgan fingerprint density at radius 2 is 1.93 bits per heavy atom. The second kappa shape index (κ2) is 7.67. The van der Waals surface area contributed by atoms with Crippen molar-refractivity contribution in [1.29, 1.82) is 0 Å². The Hall–Kier alpha value is -0.710. The summed E-state index contributed by atoms with van der Waals surface area (Å²) in [5, 5.41) is -0.413. The maximum absolute atomic E-state index is 11.1. The van der Waals surface area contributed by atoms with Gasteiger partial charge in [-0.1, -0.05) is 20.8 Å². The highest BCUT2D eigenvalue weighted by molar-refractivity contribution is 8.13. The number of esters is 1. The lowest BCUT2D eigenvalue weighted by molar-refractivity contribution is -0.155. The van der Waals surface area contributed by atoms with Crippen molar-refractivity contribution in [2.45, 2.75) is 27.2 Å². The molecule has 82 valence electrons. The molecule has 0 aliphatic rings. The predicted octanol–water partition coefficient (Wildman–Crippen LogP) is 2.42. The Balaban J connectivity index is 3.54. The van der Waals surface area contributed by atoms with Crippen LogP contribution in [0, 0.1) is 5.92 Å². The van der Waals surface area contributed by atoms with E-state index in [9.17, 15) is 9.59 Å². The van der Waals surface area contributed by atoms with Gasteiger partial charge < -0.3 is 9.47 Å². The maximum Gasteiger partial charge on any atom is 0.370 e. The highest BCUT2D eigenvalue weighted by Gasteiger charge is 2.12. The van der Waals surface area contributed by atoms with E-state index in [1.807, 2.05) is 13.8 Å². The molecule has 0 N–H and O–H groups in total. The van der Waals surface area contributed by atoms with Gasteiger partial charge in [0.1, 0.15) is 0 Å². The van der Waals surface area contributed by atoms with E-state index in [0.717, 1.165) is 18.2 Å². The molecule has 0 aromatic heterocycles. The number of carbonyl (C=O) groups is 2. The number of ether oxygens (including phenoxy) is 2. The molecule has 14 heavy (non-hydrogen) atoms. The van der Waals surface area contributed by atoms with Crippen molar-refractivity contribution in [3.63, 3.8) is 0 Å². The van der Waals surface area contributed by atoms with Gasteiger partial charge in [0.05, 0.1) is 5.92 Å². The number of hydrogen-bond donors (Lipinski definition) is 0. The van der Waals surface area contributed by atoms with Crippen molar-refractivity contribution in [2.75, 3.05) is 12.5 Å². The van der Waals surface area contributed by atoms with E-state index < -0.39 is 5.30 Å². The largest absolute Gasteiger partial charge is 0.428 e. The molecular weight excluding hydrogens is 204 g/mol. The molecule has 0 spiro atoms. The standard InChI is InChI=1S/C9H16O4S/c1-4-7(3)8(10)12-6-13-9(11)14-5-2/h7H,4-6H2,1-3H3. The Morgan fingerprint density at radius 3 is 2.43 bits per heavy atom. The molecule has 0 aromatic carbocycles. The molecule has 0 amide bonds. The molecule has 0 aliphatic carbocycles. The van der Waals surface area contributed by atoms with Crippen LogP contribution in [0.4, 0.5) is 4.79 Å². The van der Waals surface area contributed by atoms with Crippen LogP contribution in [-0.2, 0) is 14.3 Å². The second-order valence-electron chi connectivity index (χ2n) is 2.72. The van der Waals surface area contributed by atoms with Crippen LogP contribution in [0.3, 0.4) is 0 Å². The van der Waals surface area contributed by atoms with E-state index in [1.165, 1.54) is 0 Å². The first-order valence-electron chi connectivity index (χ1n) is 4.58. The molecule has 0 heterocycles. The van der Waals surface area contributed by atoms with Crippen LogP contribution in [-0.4, -0.2) is 23.8 Å². The topological polar surface area (TPSA) is 52.6 Å². The molecule has 0 bridgehead atoms. The zero-order valence-corrected chi connectivity index (χ0v) is 9.56. The molecule has 0 radical (unpaired) electrons. The van der Waals surface area contributed by atoms with Gasteiger partial charge in [0, 0.05) is 5.75 Å². The molecule has 0 rings (SSSR count). The monoisotopic (exact) mass is 220 g/mol. The van der Waals surface area contributed by atoms with Crippen LogP contribution in [0.1, 0.15) is 27.2 Å². The first-order valence-corrected chi connectivity index (χ1v) is 5.56. The summed E-state index contributed by atoms with van der Waals surface area (Å²) in [6, 6.07) is 0. The average Bonchev–Trinajstić information content (AvgIpc) is 2.16. The molecule has 0 fully saturated rings. The van der Waals surface area contributed by atoms with Crippen molar-refractivity contribution < 1.29 is 19.1 Å². The summed E-state index contributed by atoms with van der Waals surface area (Å²) < 4.78 is 9.35. The fourth-order valence-corrected chi connectivity index (χ4v) is 0.971. The highest BCUT2D eigenvalue weighted by atomic mass is 32.2. The zero-order chi connectivity index (χ0) is 11.0.